The van der Waals surface area contributed by atoms with E-state index >= 15 is 0 Å². The van der Waals surface area contributed by atoms with Crippen LogP contribution in [0, 0.1) is 17.8 Å². The van der Waals surface area contributed by atoms with Gasteiger partial charge in [0.2, 0.25) is 5.91 Å². The number of carbonyl (C=O) groups is 1. The maximum atomic E-state index is 12.3. The zero-order valence-electron chi connectivity index (χ0n) is 12.6. The minimum atomic E-state index is -1.48. The molecule has 0 aliphatic heterocycles. The Labute approximate surface area is 121 Å². The second kappa shape index (κ2) is 7.46. The summed E-state index contributed by atoms with van der Waals surface area (Å²) < 4.78 is 0. The van der Waals surface area contributed by atoms with Gasteiger partial charge < -0.3 is 15.4 Å². The van der Waals surface area contributed by atoms with Crippen LogP contribution in [0.25, 0.3) is 0 Å². The summed E-state index contributed by atoms with van der Waals surface area (Å²) in [6.07, 6.45) is 0.858. The normalized spacial score (nSPS) is 12.6. The fourth-order valence-electron chi connectivity index (χ4n) is 2.16. The Morgan fingerprint density at radius 3 is 2.10 bits per heavy atom. The molecule has 0 fully saturated rings. The van der Waals surface area contributed by atoms with Crippen molar-refractivity contribution in [2.24, 2.45) is 17.8 Å². The summed E-state index contributed by atoms with van der Waals surface area (Å²) >= 11 is 0. The first kappa shape index (κ1) is 16.7. The van der Waals surface area contributed by atoms with Crippen molar-refractivity contribution in [1.29, 1.82) is 0 Å². The Kier molecular flexibility index (Phi) is 6.24. The quantitative estimate of drug-likeness (QED) is 0.692. The Morgan fingerprint density at radius 2 is 1.70 bits per heavy atom. The van der Waals surface area contributed by atoms with E-state index in [1.807, 2.05) is 0 Å². The molecule has 1 aromatic rings. The minimum absolute atomic E-state index is 0.0156. The van der Waals surface area contributed by atoms with Crippen LogP contribution < -0.4 is 10.8 Å². The molecule has 110 valence electrons. The number of nitrogens with one attached hydrogen (secondary N) is 1. The molecule has 1 atom stereocenters. The van der Waals surface area contributed by atoms with Gasteiger partial charge in [-0.3, -0.25) is 4.79 Å². The van der Waals surface area contributed by atoms with Crippen LogP contribution >= 0.6 is 0 Å². The molecule has 0 saturated heterocycles. The zero-order chi connectivity index (χ0) is 15.3. The summed E-state index contributed by atoms with van der Waals surface area (Å²) in [5, 5.41) is 20.9. The number of anilines is 1. The van der Waals surface area contributed by atoms with E-state index in [9.17, 15) is 4.79 Å². The summed E-state index contributed by atoms with van der Waals surface area (Å²) in [7, 11) is -1.48. The van der Waals surface area contributed by atoms with Gasteiger partial charge in [-0.1, -0.05) is 39.8 Å². The van der Waals surface area contributed by atoms with Gasteiger partial charge in [0, 0.05) is 11.6 Å². The lowest BCUT2D eigenvalue weighted by molar-refractivity contribution is -0.121. The predicted molar refractivity (Wildman–Crippen MR) is 82.7 cm³/mol. The zero-order valence-corrected chi connectivity index (χ0v) is 12.6. The van der Waals surface area contributed by atoms with Gasteiger partial charge in [-0.2, -0.15) is 0 Å². The summed E-state index contributed by atoms with van der Waals surface area (Å²) in [6, 6.07) is 6.54. The lowest BCUT2D eigenvalue weighted by Gasteiger charge is -2.22. The average Bonchev–Trinajstić information content (AvgIpc) is 2.35. The van der Waals surface area contributed by atoms with Crippen molar-refractivity contribution >= 4 is 24.2 Å². The standard InChI is InChI=1S/C15H24BNO3/c1-10(2)9-14(11(3)4)15(18)17-13-7-5-12(6-8-13)16(19)20/h5-8,10-11,14,19-20H,9H2,1-4H3,(H,17,18). The van der Waals surface area contributed by atoms with Crippen molar-refractivity contribution in [2.75, 3.05) is 5.32 Å². The van der Waals surface area contributed by atoms with Gasteiger partial charge in [-0.25, -0.2) is 0 Å². The SMILES string of the molecule is CC(C)CC(C(=O)Nc1ccc(B(O)O)cc1)C(C)C. The molecule has 1 aromatic carbocycles. The van der Waals surface area contributed by atoms with Crippen LogP contribution in [0.2, 0.25) is 0 Å². The molecular weight excluding hydrogens is 253 g/mol. The van der Waals surface area contributed by atoms with Crippen LogP contribution in [0.1, 0.15) is 34.1 Å². The number of hydrogen-bond acceptors (Lipinski definition) is 3. The third-order valence-electron chi connectivity index (χ3n) is 3.34. The number of hydrogen-bond donors (Lipinski definition) is 3. The fraction of sp³-hybridized carbons (Fsp3) is 0.533. The van der Waals surface area contributed by atoms with E-state index in [0.717, 1.165) is 6.42 Å². The fourth-order valence-corrected chi connectivity index (χ4v) is 2.16. The van der Waals surface area contributed by atoms with E-state index < -0.39 is 7.12 Å². The summed E-state index contributed by atoms with van der Waals surface area (Å²) in [5.74, 6) is 0.764. The van der Waals surface area contributed by atoms with E-state index in [0.29, 0.717) is 17.1 Å². The van der Waals surface area contributed by atoms with Crippen LogP contribution in [-0.2, 0) is 4.79 Å². The topological polar surface area (TPSA) is 69.6 Å². The van der Waals surface area contributed by atoms with Gasteiger partial charge >= 0.3 is 7.12 Å². The second-order valence-corrected chi connectivity index (χ2v) is 5.96. The third-order valence-corrected chi connectivity index (χ3v) is 3.34. The van der Waals surface area contributed by atoms with Crippen LogP contribution in [-0.4, -0.2) is 23.1 Å². The molecule has 20 heavy (non-hydrogen) atoms. The largest absolute Gasteiger partial charge is 0.488 e. The maximum Gasteiger partial charge on any atom is 0.488 e. The van der Waals surface area contributed by atoms with Crippen molar-refractivity contribution in [2.45, 2.75) is 34.1 Å². The molecule has 0 aromatic heterocycles. The van der Waals surface area contributed by atoms with Gasteiger partial charge in [-0.05, 0) is 35.9 Å². The lowest BCUT2D eigenvalue weighted by Crippen LogP contribution is -2.30. The van der Waals surface area contributed by atoms with Crippen molar-refractivity contribution in [3.8, 4) is 0 Å². The number of rotatable bonds is 6. The second-order valence-electron chi connectivity index (χ2n) is 5.96. The van der Waals surface area contributed by atoms with E-state index in [2.05, 4.69) is 33.0 Å². The van der Waals surface area contributed by atoms with Gasteiger partial charge in [0.05, 0.1) is 0 Å². The molecule has 1 unspecified atom stereocenters. The third kappa shape index (κ3) is 4.98. The van der Waals surface area contributed by atoms with E-state index in [4.69, 9.17) is 10.0 Å². The molecule has 0 heterocycles. The highest BCUT2D eigenvalue weighted by molar-refractivity contribution is 6.58. The maximum absolute atomic E-state index is 12.3. The molecule has 1 amide bonds. The Hall–Kier alpha value is -1.33. The molecule has 0 aliphatic rings. The van der Waals surface area contributed by atoms with Gasteiger partial charge in [0.25, 0.3) is 0 Å². The Morgan fingerprint density at radius 1 is 1.15 bits per heavy atom. The van der Waals surface area contributed by atoms with Crippen molar-refractivity contribution < 1.29 is 14.8 Å². The first-order chi connectivity index (χ1) is 9.31. The predicted octanol–water partition coefficient (Wildman–Crippen LogP) is 1.62. The summed E-state index contributed by atoms with van der Waals surface area (Å²) in [4.78, 5) is 12.3. The molecule has 4 nitrogen and oxygen atoms in total. The van der Waals surface area contributed by atoms with Crippen molar-refractivity contribution in [3.63, 3.8) is 0 Å². The molecular formula is C15H24BNO3. The molecule has 0 bridgehead atoms. The molecule has 0 radical (unpaired) electrons. The minimum Gasteiger partial charge on any atom is -0.423 e. The monoisotopic (exact) mass is 277 g/mol. The molecule has 0 spiro atoms. The number of carbonyl (C=O) groups excluding carboxylic acids is 1. The number of benzene rings is 1. The molecule has 0 saturated carbocycles. The lowest BCUT2D eigenvalue weighted by atomic mass is 9.80. The van der Waals surface area contributed by atoms with E-state index in [1.165, 1.54) is 0 Å². The molecule has 5 heteroatoms. The van der Waals surface area contributed by atoms with Crippen LogP contribution in [0.15, 0.2) is 24.3 Å². The first-order valence-electron chi connectivity index (χ1n) is 7.08. The molecule has 1 rings (SSSR count). The highest BCUT2D eigenvalue weighted by atomic mass is 16.4. The Balaban J connectivity index is 2.72. The van der Waals surface area contributed by atoms with Crippen LogP contribution in [0.4, 0.5) is 5.69 Å². The van der Waals surface area contributed by atoms with Gasteiger partial charge in [-0.15, -0.1) is 0 Å². The van der Waals surface area contributed by atoms with Crippen LogP contribution in [0.5, 0.6) is 0 Å². The Bertz CT molecular complexity index is 429. The summed E-state index contributed by atoms with van der Waals surface area (Å²) in [5.41, 5.74) is 1.08. The van der Waals surface area contributed by atoms with E-state index in [-0.39, 0.29) is 17.7 Å². The smallest absolute Gasteiger partial charge is 0.423 e. The molecule has 0 aliphatic carbocycles. The average molecular weight is 277 g/mol. The van der Waals surface area contributed by atoms with Crippen LogP contribution in [0.3, 0.4) is 0 Å². The highest BCUT2D eigenvalue weighted by Gasteiger charge is 2.23. The van der Waals surface area contributed by atoms with E-state index in [1.54, 1.807) is 24.3 Å². The van der Waals surface area contributed by atoms with Crippen molar-refractivity contribution in [3.05, 3.63) is 24.3 Å². The first-order valence-corrected chi connectivity index (χ1v) is 7.08. The number of amides is 1. The molecule has 3 N–H and O–H groups in total. The summed E-state index contributed by atoms with van der Waals surface area (Å²) in [6.45, 7) is 8.33. The van der Waals surface area contributed by atoms with Gasteiger partial charge in [0.1, 0.15) is 0 Å². The van der Waals surface area contributed by atoms with Crippen molar-refractivity contribution in [1.82, 2.24) is 0 Å². The van der Waals surface area contributed by atoms with Gasteiger partial charge in [0.15, 0.2) is 0 Å². The highest BCUT2D eigenvalue weighted by Crippen LogP contribution is 2.22.